The quantitative estimate of drug-likeness (QED) is 0.812. The molecule has 2 aromatic rings. The van der Waals surface area contributed by atoms with Crippen LogP contribution in [-0.2, 0) is 11.3 Å². The van der Waals surface area contributed by atoms with Gasteiger partial charge in [-0.1, -0.05) is 31.5 Å². The lowest BCUT2D eigenvalue weighted by atomic mass is 9.81. The van der Waals surface area contributed by atoms with Gasteiger partial charge in [0.1, 0.15) is 5.76 Å². The molecule has 27 heavy (non-hydrogen) atoms. The van der Waals surface area contributed by atoms with E-state index in [2.05, 4.69) is 17.6 Å². The Balaban J connectivity index is 1.48. The zero-order valence-electron chi connectivity index (χ0n) is 15.7. The summed E-state index contributed by atoms with van der Waals surface area (Å²) in [6.07, 6.45) is 3.89. The molecule has 1 aliphatic rings. The highest BCUT2D eigenvalue weighted by atomic mass is 16.3. The van der Waals surface area contributed by atoms with Crippen molar-refractivity contribution in [2.24, 2.45) is 11.8 Å². The molecule has 0 unspecified atom stereocenters. The molecule has 1 saturated heterocycles. The Bertz CT molecular complexity index is 730. The van der Waals surface area contributed by atoms with Crippen molar-refractivity contribution in [3.05, 3.63) is 54.5 Å². The number of hydrogen-bond acceptors (Lipinski definition) is 3. The fourth-order valence-electron chi connectivity index (χ4n) is 3.63. The summed E-state index contributed by atoms with van der Waals surface area (Å²) in [6.45, 7) is 3.90. The fraction of sp³-hybridized carbons (Fsp3) is 0.429. The van der Waals surface area contributed by atoms with Gasteiger partial charge in [0.2, 0.25) is 5.91 Å². The summed E-state index contributed by atoms with van der Waals surface area (Å²) in [5, 5.41) is 5.86. The van der Waals surface area contributed by atoms with Crippen LogP contribution in [-0.4, -0.2) is 29.9 Å². The Labute approximate surface area is 159 Å². The highest BCUT2D eigenvalue weighted by molar-refractivity contribution is 5.89. The molecule has 1 aromatic carbocycles. The Hall–Kier alpha value is -2.76. The summed E-state index contributed by atoms with van der Waals surface area (Å²) in [5.41, 5.74) is 0.801. The number of piperidine rings is 1. The number of nitrogens with zero attached hydrogens (tertiary/aromatic N) is 1. The van der Waals surface area contributed by atoms with Crippen molar-refractivity contribution in [1.29, 1.82) is 0 Å². The molecule has 144 valence electrons. The van der Waals surface area contributed by atoms with E-state index >= 15 is 0 Å². The van der Waals surface area contributed by atoms with Crippen molar-refractivity contribution in [3.8, 4) is 0 Å². The van der Waals surface area contributed by atoms with Crippen LogP contribution in [0.15, 0.2) is 53.1 Å². The molecule has 0 spiro atoms. The van der Waals surface area contributed by atoms with Crippen LogP contribution in [0.3, 0.4) is 0 Å². The SMILES string of the molecule is CC[C@H]1CN(C(=O)Nc2ccccc2)CC[C@H]1CC(=O)NCc1ccco1. The number of benzene rings is 1. The molecule has 1 fully saturated rings. The highest BCUT2D eigenvalue weighted by Gasteiger charge is 2.31. The molecule has 2 atom stereocenters. The topological polar surface area (TPSA) is 74.6 Å². The predicted octanol–water partition coefficient (Wildman–Crippen LogP) is 3.87. The van der Waals surface area contributed by atoms with Gasteiger partial charge in [0, 0.05) is 25.2 Å². The first-order valence-corrected chi connectivity index (χ1v) is 9.55. The zero-order valence-corrected chi connectivity index (χ0v) is 15.7. The molecule has 6 heteroatoms. The number of nitrogens with one attached hydrogen (secondary N) is 2. The lowest BCUT2D eigenvalue weighted by molar-refractivity contribution is -0.123. The van der Waals surface area contributed by atoms with Crippen molar-refractivity contribution < 1.29 is 14.0 Å². The number of urea groups is 1. The summed E-state index contributed by atoms with van der Waals surface area (Å²) in [7, 11) is 0. The normalized spacial score (nSPS) is 19.5. The Kier molecular flexibility index (Phi) is 6.52. The number of furan rings is 1. The molecule has 0 bridgehead atoms. The molecule has 0 aliphatic carbocycles. The molecule has 6 nitrogen and oxygen atoms in total. The minimum Gasteiger partial charge on any atom is -0.467 e. The summed E-state index contributed by atoms with van der Waals surface area (Å²) in [4.78, 5) is 26.7. The molecule has 0 radical (unpaired) electrons. The van der Waals surface area contributed by atoms with E-state index in [1.807, 2.05) is 47.4 Å². The third-order valence-corrected chi connectivity index (χ3v) is 5.22. The standard InChI is InChI=1S/C21H27N3O3/c1-2-16-15-24(21(26)23-18-7-4-3-5-8-18)11-10-17(16)13-20(25)22-14-19-9-6-12-27-19/h3-9,12,16-17H,2,10-11,13-15H2,1H3,(H,22,25)(H,23,26)/t16-,17-/m0/s1. The van der Waals surface area contributed by atoms with Crippen LogP contribution in [0.4, 0.5) is 10.5 Å². The van der Waals surface area contributed by atoms with Gasteiger partial charge in [0.15, 0.2) is 0 Å². The predicted molar refractivity (Wildman–Crippen MR) is 104 cm³/mol. The third-order valence-electron chi connectivity index (χ3n) is 5.22. The molecule has 2 heterocycles. The average Bonchev–Trinajstić information content (AvgIpc) is 3.21. The second-order valence-corrected chi connectivity index (χ2v) is 7.02. The zero-order chi connectivity index (χ0) is 19.1. The van der Waals surface area contributed by atoms with Crippen molar-refractivity contribution >= 4 is 17.6 Å². The second kappa shape index (κ2) is 9.26. The summed E-state index contributed by atoms with van der Waals surface area (Å²) < 4.78 is 5.24. The maximum absolute atomic E-state index is 12.5. The first-order valence-electron chi connectivity index (χ1n) is 9.55. The largest absolute Gasteiger partial charge is 0.467 e. The van der Waals surface area contributed by atoms with Gasteiger partial charge in [0.25, 0.3) is 0 Å². The number of carbonyl (C=O) groups excluding carboxylic acids is 2. The Morgan fingerprint density at radius 2 is 1.96 bits per heavy atom. The molecule has 1 aromatic heterocycles. The first-order chi connectivity index (χ1) is 13.2. The van der Waals surface area contributed by atoms with E-state index in [0.717, 1.165) is 24.3 Å². The van der Waals surface area contributed by atoms with Crippen LogP contribution in [0.25, 0.3) is 0 Å². The van der Waals surface area contributed by atoms with E-state index in [4.69, 9.17) is 4.42 Å². The number of carbonyl (C=O) groups is 2. The monoisotopic (exact) mass is 369 g/mol. The maximum Gasteiger partial charge on any atom is 0.321 e. The van der Waals surface area contributed by atoms with Gasteiger partial charge in [-0.05, 0) is 42.5 Å². The van der Waals surface area contributed by atoms with Crippen LogP contribution in [0.5, 0.6) is 0 Å². The molecular formula is C21H27N3O3. The summed E-state index contributed by atoms with van der Waals surface area (Å²) in [5.74, 6) is 1.42. The molecule has 1 aliphatic heterocycles. The number of anilines is 1. The van der Waals surface area contributed by atoms with E-state index in [9.17, 15) is 9.59 Å². The van der Waals surface area contributed by atoms with Crippen LogP contribution in [0.1, 0.15) is 31.9 Å². The van der Waals surface area contributed by atoms with Gasteiger partial charge in [-0.3, -0.25) is 4.79 Å². The average molecular weight is 369 g/mol. The van der Waals surface area contributed by atoms with Gasteiger partial charge >= 0.3 is 6.03 Å². The Morgan fingerprint density at radius 1 is 1.15 bits per heavy atom. The van der Waals surface area contributed by atoms with Crippen LogP contribution in [0.2, 0.25) is 0 Å². The van der Waals surface area contributed by atoms with Gasteiger partial charge in [-0.25, -0.2) is 4.79 Å². The van der Waals surface area contributed by atoms with Crippen molar-refractivity contribution in [2.45, 2.75) is 32.7 Å². The third kappa shape index (κ3) is 5.36. The minimum absolute atomic E-state index is 0.0389. The summed E-state index contributed by atoms with van der Waals surface area (Å²) >= 11 is 0. The van der Waals surface area contributed by atoms with Gasteiger partial charge in [-0.15, -0.1) is 0 Å². The smallest absolute Gasteiger partial charge is 0.321 e. The maximum atomic E-state index is 12.5. The number of rotatable bonds is 6. The van der Waals surface area contributed by atoms with E-state index in [1.165, 1.54) is 0 Å². The highest BCUT2D eigenvalue weighted by Crippen LogP contribution is 2.29. The van der Waals surface area contributed by atoms with Gasteiger partial charge in [0.05, 0.1) is 12.8 Å². The second-order valence-electron chi connectivity index (χ2n) is 7.02. The van der Waals surface area contributed by atoms with E-state index < -0.39 is 0 Å². The number of hydrogen-bond donors (Lipinski definition) is 2. The fourth-order valence-corrected chi connectivity index (χ4v) is 3.63. The van der Waals surface area contributed by atoms with Crippen LogP contribution >= 0.6 is 0 Å². The molecule has 3 amide bonds. The van der Waals surface area contributed by atoms with E-state index in [-0.39, 0.29) is 11.9 Å². The number of likely N-dealkylation sites (tertiary alicyclic amines) is 1. The van der Waals surface area contributed by atoms with Crippen LogP contribution in [0, 0.1) is 11.8 Å². The number of para-hydroxylation sites is 1. The lowest BCUT2D eigenvalue weighted by Crippen LogP contribution is -2.46. The summed E-state index contributed by atoms with van der Waals surface area (Å²) in [6, 6.07) is 13.1. The van der Waals surface area contributed by atoms with Gasteiger partial charge in [-0.2, -0.15) is 0 Å². The van der Waals surface area contributed by atoms with E-state index in [0.29, 0.717) is 37.9 Å². The molecular weight excluding hydrogens is 342 g/mol. The molecule has 3 rings (SSSR count). The molecule has 0 saturated carbocycles. The van der Waals surface area contributed by atoms with Crippen molar-refractivity contribution in [1.82, 2.24) is 10.2 Å². The first kappa shape index (κ1) is 19.0. The minimum atomic E-state index is -0.0691. The lowest BCUT2D eigenvalue weighted by Gasteiger charge is -2.38. The Morgan fingerprint density at radius 3 is 2.67 bits per heavy atom. The van der Waals surface area contributed by atoms with Crippen molar-refractivity contribution in [3.63, 3.8) is 0 Å². The molecule has 2 N–H and O–H groups in total. The van der Waals surface area contributed by atoms with Gasteiger partial charge < -0.3 is 20.0 Å². The van der Waals surface area contributed by atoms with Crippen LogP contribution < -0.4 is 10.6 Å². The van der Waals surface area contributed by atoms with E-state index in [1.54, 1.807) is 6.26 Å². The van der Waals surface area contributed by atoms with Crippen molar-refractivity contribution in [2.75, 3.05) is 18.4 Å². The number of amides is 3.